The van der Waals surface area contributed by atoms with Gasteiger partial charge in [-0.15, -0.1) is 0 Å². The molecule has 4 aromatic rings. The number of hydrogen-bond acceptors (Lipinski definition) is 6. The number of anilines is 4. The van der Waals surface area contributed by atoms with E-state index in [4.69, 9.17) is 11.5 Å². The van der Waals surface area contributed by atoms with Crippen LogP contribution in [0, 0.1) is 0 Å². The molecule has 1 heterocycles. The van der Waals surface area contributed by atoms with Crippen LogP contribution in [0.2, 0.25) is 0 Å². The fourth-order valence-electron chi connectivity index (χ4n) is 2.77. The lowest BCUT2D eigenvalue weighted by atomic mass is 10.1. The number of thiazole rings is 1. The highest BCUT2D eigenvalue weighted by atomic mass is 32.1. The summed E-state index contributed by atoms with van der Waals surface area (Å²) in [6, 6.07) is 20.3. The van der Waals surface area contributed by atoms with Crippen molar-refractivity contribution in [1.82, 2.24) is 4.98 Å². The van der Waals surface area contributed by atoms with Gasteiger partial charge in [0.05, 0.1) is 21.6 Å². The van der Waals surface area contributed by atoms with Gasteiger partial charge in [0, 0.05) is 17.8 Å². The van der Waals surface area contributed by atoms with E-state index in [1.807, 2.05) is 42.5 Å². The average molecular weight is 389 g/mol. The maximum absolute atomic E-state index is 12.4. The van der Waals surface area contributed by atoms with Gasteiger partial charge < -0.3 is 22.1 Å². The van der Waals surface area contributed by atoms with E-state index in [0.29, 0.717) is 23.5 Å². The summed E-state index contributed by atoms with van der Waals surface area (Å²) >= 11 is 1.56. The first-order valence-electron chi connectivity index (χ1n) is 8.73. The molecule has 28 heavy (non-hydrogen) atoms. The maximum atomic E-state index is 12.4. The second-order valence-corrected chi connectivity index (χ2v) is 7.37. The third-order valence-electron chi connectivity index (χ3n) is 4.28. The van der Waals surface area contributed by atoms with E-state index in [-0.39, 0.29) is 5.91 Å². The van der Waals surface area contributed by atoms with Gasteiger partial charge in [0.2, 0.25) is 0 Å². The summed E-state index contributed by atoms with van der Waals surface area (Å²) in [6.45, 7) is 0.614. The van der Waals surface area contributed by atoms with E-state index >= 15 is 0 Å². The van der Waals surface area contributed by atoms with E-state index in [1.54, 1.807) is 35.6 Å². The normalized spacial score (nSPS) is 10.7. The summed E-state index contributed by atoms with van der Waals surface area (Å²) in [6.07, 6.45) is 0. The molecule has 140 valence electrons. The largest absolute Gasteiger partial charge is 0.399 e. The van der Waals surface area contributed by atoms with Gasteiger partial charge in [0.1, 0.15) is 0 Å². The number of amides is 1. The van der Waals surface area contributed by atoms with Crippen LogP contribution in [-0.2, 0) is 6.54 Å². The number of nitrogens with two attached hydrogens (primary N) is 2. The zero-order chi connectivity index (χ0) is 19.5. The maximum Gasteiger partial charge on any atom is 0.255 e. The summed E-state index contributed by atoms with van der Waals surface area (Å²) in [7, 11) is 0. The summed E-state index contributed by atoms with van der Waals surface area (Å²) in [5.74, 6) is -0.193. The molecule has 0 radical (unpaired) electrons. The van der Waals surface area contributed by atoms with Crippen LogP contribution in [0.15, 0.2) is 66.7 Å². The number of nitrogens with zero attached hydrogens (tertiary/aromatic N) is 1. The number of fused-ring (bicyclic) bond motifs is 1. The topological polar surface area (TPSA) is 106 Å². The highest BCUT2D eigenvalue weighted by molar-refractivity contribution is 7.22. The van der Waals surface area contributed by atoms with Crippen molar-refractivity contribution < 1.29 is 4.79 Å². The quantitative estimate of drug-likeness (QED) is 0.380. The summed E-state index contributed by atoms with van der Waals surface area (Å²) in [5, 5.41) is 6.98. The Morgan fingerprint density at radius 2 is 1.79 bits per heavy atom. The molecule has 4 rings (SSSR count). The molecule has 0 bridgehead atoms. The van der Waals surface area contributed by atoms with Gasteiger partial charge in [0.25, 0.3) is 5.91 Å². The van der Waals surface area contributed by atoms with Crippen LogP contribution >= 0.6 is 11.3 Å². The lowest BCUT2D eigenvalue weighted by Crippen LogP contribution is -2.13. The van der Waals surface area contributed by atoms with Gasteiger partial charge in [-0.1, -0.05) is 35.6 Å². The molecule has 1 amide bonds. The van der Waals surface area contributed by atoms with E-state index < -0.39 is 0 Å². The first-order valence-corrected chi connectivity index (χ1v) is 9.55. The molecule has 0 atom stereocenters. The number of nitrogen functional groups attached to an aromatic ring is 2. The lowest BCUT2D eigenvalue weighted by Gasteiger charge is -2.08. The molecular weight excluding hydrogens is 370 g/mol. The lowest BCUT2D eigenvalue weighted by molar-refractivity contribution is 0.102. The Balaban J connectivity index is 1.40. The van der Waals surface area contributed by atoms with E-state index in [0.717, 1.165) is 26.6 Å². The van der Waals surface area contributed by atoms with Crippen molar-refractivity contribution in [3.63, 3.8) is 0 Å². The van der Waals surface area contributed by atoms with Crippen LogP contribution in [0.3, 0.4) is 0 Å². The minimum atomic E-state index is -0.193. The van der Waals surface area contributed by atoms with Crippen molar-refractivity contribution in [2.24, 2.45) is 0 Å². The SMILES string of the molecule is Nc1ccc2nc(NCc3ccc(C(=O)Nc4ccccc4N)cc3)sc2c1. The molecule has 6 nitrogen and oxygen atoms in total. The third kappa shape index (κ3) is 3.89. The molecule has 6 N–H and O–H groups in total. The molecule has 0 aliphatic heterocycles. The Morgan fingerprint density at radius 3 is 2.57 bits per heavy atom. The minimum absolute atomic E-state index is 0.193. The monoisotopic (exact) mass is 389 g/mol. The number of carbonyl (C=O) groups excluding carboxylic acids is 1. The van der Waals surface area contributed by atoms with Gasteiger partial charge in [-0.25, -0.2) is 4.98 Å². The van der Waals surface area contributed by atoms with Crippen LogP contribution in [0.25, 0.3) is 10.2 Å². The Labute approximate surface area is 166 Å². The summed E-state index contributed by atoms with van der Waals surface area (Å²) < 4.78 is 1.05. The van der Waals surface area contributed by atoms with Crippen molar-refractivity contribution in [2.45, 2.75) is 6.54 Å². The van der Waals surface area contributed by atoms with Crippen molar-refractivity contribution in [3.8, 4) is 0 Å². The van der Waals surface area contributed by atoms with Crippen molar-refractivity contribution in [1.29, 1.82) is 0 Å². The standard InChI is InChI=1S/C21H19N5OS/c22-15-9-10-18-19(11-15)28-21(26-18)24-12-13-5-7-14(8-6-13)20(27)25-17-4-2-1-3-16(17)23/h1-11H,12,22-23H2,(H,24,26)(H,25,27). The molecule has 7 heteroatoms. The number of aromatic nitrogens is 1. The first-order chi connectivity index (χ1) is 13.6. The second kappa shape index (κ2) is 7.58. The van der Waals surface area contributed by atoms with Gasteiger partial charge in [0.15, 0.2) is 5.13 Å². The summed E-state index contributed by atoms with van der Waals surface area (Å²) in [4.78, 5) is 16.9. The Hall–Kier alpha value is -3.58. The number of para-hydroxylation sites is 2. The first kappa shape index (κ1) is 17.8. The molecule has 1 aromatic heterocycles. The zero-order valence-electron chi connectivity index (χ0n) is 15.0. The molecule has 3 aromatic carbocycles. The highest BCUT2D eigenvalue weighted by Gasteiger charge is 2.08. The molecule has 0 unspecified atom stereocenters. The van der Waals surface area contributed by atoms with Crippen molar-refractivity contribution in [3.05, 3.63) is 77.9 Å². The van der Waals surface area contributed by atoms with E-state index in [2.05, 4.69) is 15.6 Å². The molecule has 0 aliphatic rings. The number of carbonyl (C=O) groups is 1. The molecule has 0 spiro atoms. The van der Waals surface area contributed by atoms with Crippen LogP contribution in [0.1, 0.15) is 15.9 Å². The van der Waals surface area contributed by atoms with E-state index in [1.165, 1.54) is 0 Å². The molecule has 0 saturated carbocycles. The van der Waals surface area contributed by atoms with Gasteiger partial charge >= 0.3 is 0 Å². The Kier molecular flexibility index (Phi) is 4.82. The van der Waals surface area contributed by atoms with Gasteiger partial charge in [-0.05, 0) is 48.0 Å². The Bertz CT molecular complexity index is 1140. The summed E-state index contributed by atoms with van der Waals surface area (Å²) in [5.41, 5.74) is 16.1. The second-order valence-electron chi connectivity index (χ2n) is 6.34. The fourth-order valence-corrected chi connectivity index (χ4v) is 3.68. The van der Waals surface area contributed by atoms with Gasteiger partial charge in [-0.3, -0.25) is 4.79 Å². The molecular formula is C21H19N5OS. The van der Waals surface area contributed by atoms with Crippen LogP contribution in [0.5, 0.6) is 0 Å². The predicted octanol–water partition coefficient (Wildman–Crippen LogP) is 4.33. The predicted molar refractivity (Wildman–Crippen MR) is 117 cm³/mol. The molecule has 0 saturated heterocycles. The smallest absolute Gasteiger partial charge is 0.255 e. The fraction of sp³-hybridized carbons (Fsp3) is 0.0476. The minimum Gasteiger partial charge on any atom is -0.399 e. The van der Waals surface area contributed by atoms with Gasteiger partial charge in [-0.2, -0.15) is 0 Å². The van der Waals surface area contributed by atoms with Crippen molar-refractivity contribution >= 4 is 49.7 Å². The number of nitrogens with one attached hydrogen (secondary N) is 2. The number of hydrogen-bond donors (Lipinski definition) is 4. The third-order valence-corrected chi connectivity index (χ3v) is 5.26. The molecule has 0 fully saturated rings. The Morgan fingerprint density at radius 1 is 1.00 bits per heavy atom. The number of benzene rings is 3. The van der Waals surface area contributed by atoms with Crippen LogP contribution in [0.4, 0.5) is 22.2 Å². The van der Waals surface area contributed by atoms with Crippen LogP contribution < -0.4 is 22.1 Å². The van der Waals surface area contributed by atoms with E-state index in [9.17, 15) is 4.79 Å². The highest BCUT2D eigenvalue weighted by Crippen LogP contribution is 2.27. The van der Waals surface area contributed by atoms with Crippen molar-refractivity contribution in [2.75, 3.05) is 22.1 Å². The molecule has 0 aliphatic carbocycles. The number of rotatable bonds is 5. The van der Waals surface area contributed by atoms with Crippen LogP contribution in [-0.4, -0.2) is 10.9 Å². The average Bonchev–Trinajstić information content (AvgIpc) is 3.10. The zero-order valence-corrected chi connectivity index (χ0v) is 15.8.